The molecule has 1 aromatic carbocycles. The highest BCUT2D eigenvalue weighted by molar-refractivity contribution is 7.89. The third kappa shape index (κ3) is 3.54. The van der Waals surface area contributed by atoms with Gasteiger partial charge in [-0.05, 0) is 30.3 Å². The molecule has 4 heterocycles. The zero-order valence-corrected chi connectivity index (χ0v) is 18.0. The predicted octanol–water partition coefficient (Wildman–Crippen LogP) is 2.50. The quantitative estimate of drug-likeness (QED) is 0.597. The summed E-state index contributed by atoms with van der Waals surface area (Å²) in [6.45, 7) is 0.635. The summed E-state index contributed by atoms with van der Waals surface area (Å²) in [6.07, 6.45) is 3.60. The lowest BCUT2D eigenvalue weighted by Gasteiger charge is -2.45. The topological polar surface area (TPSA) is 88.5 Å². The Labute approximate surface area is 185 Å². The largest absolute Gasteiger partial charge is 0.355 e. The van der Waals surface area contributed by atoms with Crippen LogP contribution in [-0.2, 0) is 14.8 Å². The second-order valence-corrected chi connectivity index (χ2v) is 9.59. The minimum absolute atomic E-state index is 0.0374. The number of alkyl halides is 1. The van der Waals surface area contributed by atoms with E-state index < -0.39 is 21.9 Å². The Hall–Kier alpha value is -2.95. The molecule has 0 saturated carbocycles. The summed E-state index contributed by atoms with van der Waals surface area (Å²) >= 11 is 0. The van der Waals surface area contributed by atoms with Gasteiger partial charge in [-0.1, -0.05) is 18.2 Å². The van der Waals surface area contributed by atoms with E-state index in [0.29, 0.717) is 18.2 Å². The first-order chi connectivity index (χ1) is 15.5. The molecule has 0 N–H and O–H groups in total. The van der Waals surface area contributed by atoms with Crippen LogP contribution in [0.1, 0.15) is 6.42 Å². The Morgan fingerprint density at radius 2 is 1.91 bits per heavy atom. The fourth-order valence-corrected chi connectivity index (χ4v) is 6.04. The van der Waals surface area contributed by atoms with Crippen molar-refractivity contribution in [3.05, 3.63) is 67.1 Å². The van der Waals surface area contributed by atoms with Crippen molar-refractivity contribution in [1.82, 2.24) is 19.3 Å². The van der Waals surface area contributed by atoms with Gasteiger partial charge in [0.1, 0.15) is 5.82 Å². The van der Waals surface area contributed by atoms with Crippen molar-refractivity contribution in [1.29, 1.82) is 0 Å². The third-order valence-electron chi connectivity index (χ3n) is 5.89. The lowest BCUT2D eigenvalue weighted by atomic mass is 9.98. The van der Waals surface area contributed by atoms with E-state index in [-0.39, 0.29) is 31.0 Å². The normalized spacial score (nSPS) is 24.2. The van der Waals surface area contributed by atoms with Crippen LogP contribution in [0.5, 0.6) is 0 Å². The highest BCUT2D eigenvalue weighted by Crippen LogP contribution is 2.40. The van der Waals surface area contributed by atoms with Crippen LogP contribution in [0.2, 0.25) is 0 Å². The number of aromatic nitrogens is 3. The van der Waals surface area contributed by atoms with Crippen LogP contribution in [0.15, 0.2) is 72.0 Å². The fraction of sp³-hybridized carbons (Fsp3) is 0.318. The van der Waals surface area contributed by atoms with Gasteiger partial charge in [-0.3, -0.25) is 4.98 Å². The van der Waals surface area contributed by atoms with E-state index in [4.69, 9.17) is 4.74 Å². The van der Waals surface area contributed by atoms with Crippen molar-refractivity contribution in [2.75, 3.05) is 31.1 Å². The standard InChI is InChI=1S/C22H22FN5O3S/c23-19-16-27(20-8-11-25-21(26-20)17-5-4-10-24-15-17)12-9-22(19)28(13-14-31-22)32(29,30)18-6-2-1-3-7-18/h1-8,10-11,15,19H,9,12-14,16H2. The predicted molar refractivity (Wildman–Crippen MR) is 116 cm³/mol. The van der Waals surface area contributed by atoms with Crippen molar-refractivity contribution >= 4 is 15.8 Å². The monoisotopic (exact) mass is 455 g/mol. The van der Waals surface area contributed by atoms with Crippen LogP contribution < -0.4 is 4.90 Å². The van der Waals surface area contributed by atoms with Crippen LogP contribution in [0, 0.1) is 0 Å². The van der Waals surface area contributed by atoms with Crippen molar-refractivity contribution in [3.8, 4) is 11.4 Å². The number of ether oxygens (including phenoxy) is 1. The lowest BCUT2D eigenvalue weighted by Crippen LogP contribution is -2.62. The summed E-state index contributed by atoms with van der Waals surface area (Å²) in [6, 6.07) is 13.5. The van der Waals surface area contributed by atoms with Gasteiger partial charge in [0.25, 0.3) is 0 Å². The molecule has 2 unspecified atom stereocenters. The Bertz CT molecular complexity index is 1200. The van der Waals surface area contributed by atoms with E-state index in [1.54, 1.807) is 53.8 Å². The van der Waals surface area contributed by atoms with Gasteiger partial charge in [0.05, 0.1) is 18.0 Å². The number of rotatable bonds is 4. The second kappa shape index (κ2) is 8.19. The lowest BCUT2D eigenvalue weighted by molar-refractivity contribution is -0.116. The number of nitrogens with zero attached hydrogens (tertiary/aromatic N) is 5. The summed E-state index contributed by atoms with van der Waals surface area (Å²) in [5, 5.41) is 0. The number of benzene rings is 1. The smallest absolute Gasteiger partial charge is 0.245 e. The minimum Gasteiger partial charge on any atom is -0.355 e. The van der Waals surface area contributed by atoms with Gasteiger partial charge in [0.15, 0.2) is 17.7 Å². The number of hydrogen-bond acceptors (Lipinski definition) is 7. The molecule has 0 radical (unpaired) electrons. The van der Waals surface area contributed by atoms with Crippen molar-refractivity contribution in [2.24, 2.45) is 0 Å². The number of sulfonamides is 1. The molecule has 2 fully saturated rings. The average Bonchev–Trinajstić information content (AvgIpc) is 3.28. The van der Waals surface area contributed by atoms with Gasteiger partial charge in [-0.15, -0.1) is 0 Å². The van der Waals surface area contributed by atoms with Crippen LogP contribution in [0.25, 0.3) is 11.4 Å². The zero-order chi connectivity index (χ0) is 22.2. The van der Waals surface area contributed by atoms with Crippen LogP contribution in [0.4, 0.5) is 10.2 Å². The number of piperidine rings is 1. The second-order valence-electron chi connectivity index (χ2n) is 7.73. The molecule has 166 valence electrons. The molecule has 3 aromatic rings. The molecule has 1 spiro atoms. The van der Waals surface area contributed by atoms with E-state index in [0.717, 1.165) is 5.56 Å². The maximum Gasteiger partial charge on any atom is 0.245 e. The van der Waals surface area contributed by atoms with Crippen LogP contribution in [-0.4, -0.2) is 65.8 Å². The Balaban J connectivity index is 1.40. The molecule has 0 aliphatic carbocycles. The van der Waals surface area contributed by atoms with E-state index in [2.05, 4.69) is 15.0 Å². The highest BCUT2D eigenvalue weighted by atomic mass is 32.2. The molecule has 2 saturated heterocycles. The van der Waals surface area contributed by atoms with Crippen LogP contribution in [0.3, 0.4) is 0 Å². The first kappa shape index (κ1) is 20.9. The summed E-state index contributed by atoms with van der Waals surface area (Å²) in [7, 11) is -3.89. The van der Waals surface area contributed by atoms with Crippen molar-refractivity contribution in [2.45, 2.75) is 23.2 Å². The summed E-state index contributed by atoms with van der Waals surface area (Å²) in [5.74, 6) is 1.07. The number of halogens is 1. The fourth-order valence-electron chi connectivity index (χ4n) is 4.30. The number of pyridine rings is 1. The molecule has 2 aliphatic rings. The van der Waals surface area contributed by atoms with E-state index in [1.165, 1.54) is 16.4 Å². The van der Waals surface area contributed by atoms with Gasteiger partial charge in [0.2, 0.25) is 10.0 Å². The molecular weight excluding hydrogens is 433 g/mol. The highest BCUT2D eigenvalue weighted by Gasteiger charge is 2.56. The zero-order valence-electron chi connectivity index (χ0n) is 17.2. The molecular formula is C22H22FN5O3S. The molecule has 2 aromatic heterocycles. The molecule has 32 heavy (non-hydrogen) atoms. The van der Waals surface area contributed by atoms with Gasteiger partial charge in [-0.25, -0.2) is 22.8 Å². The average molecular weight is 456 g/mol. The van der Waals surface area contributed by atoms with Gasteiger partial charge >= 0.3 is 0 Å². The molecule has 0 bridgehead atoms. The minimum atomic E-state index is -3.89. The molecule has 2 atom stereocenters. The van der Waals surface area contributed by atoms with E-state index in [1.807, 2.05) is 6.07 Å². The summed E-state index contributed by atoms with van der Waals surface area (Å²) in [4.78, 5) is 14.9. The van der Waals surface area contributed by atoms with Crippen LogP contribution >= 0.6 is 0 Å². The SMILES string of the molecule is O=S(=O)(c1ccccc1)N1CCOC12CCN(c1ccnc(-c3cccnc3)n1)CC2F. The summed E-state index contributed by atoms with van der Waals surface area (Å²) < 4.78 is 49.2. The van der Waals surface area contributed by atoms with Crippen molar-refractivity contribution in [3.63, 3.8) is 0 Å². The summed E-state index contributed by atoms with van der Waals surface area (Å²) in [5.41, 5.74) is -0.747. The first-order valence-corrected chi connectivity index (χ1v) is 11.8. The molecule has 8 nitrogen and oxygen atoms in total. The first-order valence-electron chi connectivity index (χ1n) is 10.3. The van der Waals surface area contributed by atoms with Crippen molar-refractivity contribution < 1.29 is 17.5 Å². The molecule has 0 amide bonds. The van der Waals surface area contributed by atoms with E-state index in [9.17, 15) is 8.42 Å². The molecule has 2 aliphatic heterocycles. The maximum absolute atomic E-state index is 15.7. The Kier molecular flexibility index (Phi) is 5.36. The van der Waals surface area contributed by atoms with Gasteiger partial charge in [-0.2, -0.15) is 4.31 Å². The molecule has 10 heteroatoms. The van der Waals surface area contributed by atoms with E-state index >= 15 is 4.39 Å². The third-order valence-corrected chi connectivity index (χ3v) is 7.83. The Morgan fingerprint density at radius 1 is 1.06 bits per heavy atom. The van der Waals surface area contributed by atoms with Gasteiger partial charge in [0, 0.05) is 43.7 Å². The maximum atomic E-state index is 15.7. The molecule has 5 rings (SSSR count). The number of hydrogen-bond donors (Lipinski definition) is 0. The van der Waals surface area contributed by atoms with Gasteiger partial charge < -0.3 is 9.64 Å². The number of anilines is 1. The Morgan fingerprint density at radius 3 is 2.66 bits per heavy atom.